The SMILES string of the molecule is O=[N+]([O-])c1ccc(CO)c(C(F)(F)F)c1Br. The number of benzene rings is 1. The van der Waals surface area contributed by atoms with Crippen molar-refractivity contribution in [2.45, 2.75) is 12.8 Å². The maximum atomic E-state index is 12.6. The van der Waals surface area contributed by atoms with E-state index in [0.717, 1.165) is 12.1 Å². The van der Waals surface area contributed by atoms with E-state index in [1.807, 2.05) is 0 Å². The maximum Gasteiger partial charge on any atom is 0.418 e. The van der Waals surface area contributed by atoms with Crippen LogP contribution in [-0.4, -0.2) is 10.0 Å². The maximum absolute atomic E-state index is 12.6. The molecule has 0 aliphatic rings. The molecule has 0 saturated carbocycles. The van der Waals surface area contributed by atoms with Crippen molar-refractivity contribution in [2.24, 2.45) is 0 Å². The van der Waals surface area contributed by atoms with Gasteiger partial charge in [0.2, 0.25) is 0 Å². The molecule has 8 heteroatoms. The molecule has 0 fully saturated rings. The highest BCUT2D eigenvalue weighted by Crippen LogP contribution is 2.41. The summed E-state index contributed by atoms with van der Waals surface area (Å²) in [6, 6.07) is 1.79. The number of alkyl halides is 3. The number of nitrogens with zero attached hydrogens (tertiary/aromatic N) is 1. The second kappa shape index (κ2) is 4.38. The molecule has 0 aliphatic heterocycles. The van der Waals surface area contributed by atoms with E-state index in [2.05, 4.69) is 15.9 Å². The Morgan fingerprint density at radius 2 is 2.00 bits per heavy atom. The zero-order chi connectivity index (χ0) is 12.5. The topological polar surface area (TPSA) is 63.4 Å². The summed E-state index contributed by atoms with van der Waals surface area (Å²) in [5.74, 6) is 0. The van der Waals surface area contributed by atoms with Crippen LogP contribution in [0.15, 0.2) is 16.6 Å². The number of rotatable bonds is 2. The normalized spacial score (nSPS) is 11.6. The highest BCUT2D eigenvalue weighted by atomic mass is 79.9. The van der Waals surface area contributed by atoms with Gasteiger partial charge in [0, 0.05) is 6.07 Å². The standard InChI is InChI=1S/C8H5BrF3NO3/c9-7-5(13(15)16)2-1-4(3-14)6(7)8(10,11)12/h1-2,14H,3H2. The van der Waals surface area contributed by atoms with Crippen LogP contribution in [-0.2, 0) is 12.8 Å². The molecule has 0 heterocycles. The van der Waals surface area contributed by atoms with Crippen LogP contribution in [0.5, 0.6) is 0 Å². The van der Waals surface area contributed by atoms with Crippen molar-refractivity contribution in [2.75, 3.05) is 0 Å². The van der Waals surface area contributed by atoms with Crippen LogP contribution in [0.25, 0.3) is 0 Å². The largest absolute Gasteiger partial charge is 0.418 e. The summed E-state index contributed by atoms with van der Waals surface area (Å²) in [4.78, 5) is 9.52. The number of hydrogen-bond donors (Lipinski definition) is 1. The van der Waals surface area contributed by atoms with Gasteiger partial charge < -0.3 is 5.11 Å². The Morgan fingerprint density at radius 1 is 1.44 bits per heavy atom. The fourth-order valence-corrected chi connectivity index (χ4v) is 1.94. The van der Waals surface area contributed by atoms with Crippen LogP contribution < -0.4 is 0 Å². The summed E-state index contributed by atoms with van der Waals surface area (Å²) in [7, 11) is 0. The first kappa shape index (κ1) is 12.9. The molecule has 4 nitrogen and oxygen atoms in total. The molecular weight excluding hydrogens is 295 g/mol. The third kappa shape index (κ3) is 2.33. The fraction of sp³-hybridized carbons (Fsp3) is 0.250. The second-order valence-corrected chi connectivity index (χ2v) is 3.64. The van der Waals surface area contributed by atoms with Crippen molar-refractivity contribution in [3.05, 3.63) is 37.8 Å². The van der Waals surface area contributed by atoms with Crippen molar-refractivity contribution < 1.29 is 23.2 Å². The molecule has 0 bridgehead atoms. The van der Waals surface area contributed by atoms with Crippen molar-refractivity contribution in [1.29, 1.82) is 0 Å². The Bertz CT molecular complexity index is 433. The van der Waals surface area contributed by atoms with Gasteiger partial charge in [-0.1, -0.05) is 0 Å². The Labute approximate surface area is 96.0 Å². The highest BCUT2D eigenvalue weighted by Gasteiger charge is 2.38. The van der Waals surface area contributed by atoms with E-state index >= 15 is 0 Å². The minimum Gasteiger partial charge on any atom is -0.392 e. The van der Waals surface area contributed by atoms with Crippen molar-refractivity contribution >= 4 is 21.6 Å². The molecule has 16 heavy (non-hydrogen) atoms. The Kier molecular flexibility index (Phi) is 3.54. The molecule has 0 aliphatic carbocycles. The van der Waals surface area contributed by atoms with Crippen molar-refractivity contribution in [1.82, 2.24) is 0 Å². The first-order chi connectivity index (χ1) is 7.29. The molecule has 88 valence electrons. The predicted octanol–water partition coefficient (Wildman–Crippen LogP) is 2.87. The van der Waals surface area contributed by atoms with Crippen LogP contribution in [0.2, 0.25) is 0 Å². The lowest BCUT2D eigenvalue weighted by Gasteiger charge is -2.13. The quantitative estimate of drug-likeness (QED) is 0.674. The summed E-state index contributed by atoms with van der Waals surface area (Å²) in [6.07, 6.45) is -4.76. The number of nitro groups is 1. The third-order valence-electron chi connectivity index (χ3n) is 1.86. The average Bonchev–Trinajstić information content (AvgIpc) is 2.14. The first-order valence-corrected chi connectivity index (χ1v) is 4.72. The minimum atomic E-state index is -4.76. The molecule has 0 radical (unpaired) electrons. The Morgan fingerprint density at radius 3 is 2.38 bits per heavy atom. The van der Waals surface area contributed by atoms with E-state index in [-0.39, 0.29) is 0 Å². The van der Waals surface area contributed by atoms with Crippen molar-refractivity contribution in [3.8, 4) is 0 Å². The van der Waals surface area contributed by atoms with Crippen LogP contribution in [0.3, 0.4) is 0 Å². The lowest BCUT2D eigenvalue weighted by molar-refractivity contribution is -0.386. The van der Waals surface area contributed by atoms with E-state index in [1.165, 1.54) is 0 Å². The van der Waals surface area contributed by atoms with E-state index in [9.17, 15) is 23.3 Å². The van der Waals surface area contributed by atoms with Crippen LogP contribution in [0.1, 0.15) is 11.1 Å². The molecule has 0 unspecified atom stereocenters. The number of aliphatic hydroxyl groups is 1. The number of hydrogen-bond acceptors (Lipinski definition) is 3. The van der Waals surface area contributed by atoms with E-state index < -0.39 is 39.0 Å². The number of aliphatic hydroxyl groups excluding tert-OH is 1. The lowest BCUT2D eigenvalue weighted by Crippen LogP contribution is -2.11. The molecule has 1 aromatic rings. The molecule has 0 atom stereocenters. The second-order valence-electron chi connectivity index (χ2n) is 2.85. The highest BCUT2D eigenvalue weighted by molar-refractivity contribution is 9.10. The number of halogens is 4. The van der Waals surface area contributed by atoms with Gasteiger partial charge in [-0.25, -0.2) is 0 Å². The lowest BCUT2D eigenvalue weighted by atomic mass is 10.1. The van der Waals surface area contributed by atoms with E-state index in [0.29, 0.717) is 0 Å². The van der Waals surface area contributed by atoms with Gasteiger partial charge in [0.1, 0.15) is 4.47 Å². The van der Waals surface area contributed by atoms with Gasteiger partial charge in [-0.2, -0.15) is 13.2 Å². The molecular formula is C8H5BrF3NO3. The van der Waals surface area contributed by atoms with E-state index in [1.54, 1.807) is 0 Å². The molecule has 0 aromatic heterocycles. The fourth-order valence-electron chi connectivity index (χ4n) is 1.18. The zero-order valence-electron chi connectivity index (χ0n) is 7.58. The smallest absolute Gasteiger partial charge is 0.392 e. The van der Waals surface area contributed by atoms with Gasteiger partial charge in [0.05, 0.1) is 17.1 Å². The average molecular weight is 300 g/mol. The summed E-state index contributed by atoms with van der Waals surface area (Å²) < 4.78 is 37.1. The molecule has 0 spiro atoms. The van der Waals surface area contributed by atoms with Gasteiger partial charge >= 0.3 is 6.18 Å². The van der Waals surface area contributed by atoms with Crippen LogP contribution >= 0.6 is 15.9 Å². The molecule has 1 aromatic carbocycles. The monoisotopic (exact) mass is 299 g/mol. The van der Waals surface area contributed by atoms with Crippen LogP contribution in [0.4, 0.5) is 18.9 Å². The predicted molar refractivity (Wildman–Crippen MR) is 51.7 cm³/mol. The summed E-state index contributed by atoms with van der Waals surface area (Å²) in [5.41, 5.74) is -2.32. The van der Waals surface area contributed by atoms with Gasteiger partial charge in [0.25, 0.3) is 5.69 Å². The molecule has 1 rings (SSSR count). The van der Waals surface area contributed by atoms with Crippen LogP contribution in [0, 0.1) is 10.1 Å². The number of nitro benzene ring substituents is 1. The summed E-state index contributed by atoms with van der Waals surface area (Å²) in [6.45, 7) is -0.842. The summed E-state index contributed by atoms with van der Waals surface area (Å²) in [5, 5.41) is 19.2. The third-order valence-corrected chi connectivity index (χ3v) is 2.66. The van der Waals surface area contributed by atoms with Gasteiger partial charge in [0.15, 0.2) is 0 Å². The van der Waals surface area contributed by atoms with Gasteiger partial charge in [-0.15, -0.1) is 0 Å². The van der Waals surface area contributed by atoms with Gasteiger partial charge in [-0.3, -0.25) is 10.1 Å². The van der Waals surface area contributed by atoms with E-state index in [4.69, 9.17) is 5.11 Å². The molecule has 0 saturated heterocycles. The molecule has 0 amide bonds. The van der Waals surface area contributed by atoms with Crippen molar-refractivity contribution in [3.63, 3.8) is 0 Å². The van der Waals surface area contributed by atoms with Gasteiger partial charge in [-0.05, 0) is 27.6 Å². The first-order valence-electron chi connectivity index (χ1n) is 3.93. The molecule has 1 N–H and O–H groups in total. The Hall–Kier alpha value is -1.15. The Balaban J connectivity index is 3.53. The minimum absolute atomic E-state index is 0.412. The zero-order valence-corrected chi connectivity index (χ0v) is 9.17. The summed E-state index contributed by atoms with van der Waals surface area (Å²) >= 11 is 2.54.